The number of primary amides is 1. The Kier molecular flexibility index (Phi) is 2.34. The van der Waals surface area contributed by atoms with Gasteiger partial charge in [0.25, 0.3) is 0 Å². The Bertz CT molecular complexity index is 319. The van der Waals surface area contributed by atoms with E-state index < -0.39 is 11.4 Å². The number of hydrogen-bond acceptors (Lipinski definition) is 2. The average molecular weight is 182 g/mol. The maximum atomic E-state index is 12.5. The van der Waals surface area contributed by atoms with E-state index in [1.165, 1.54) is 31.2 Å². The highest BCUT2D eigenvalue weighted by Crippen LogP contribution is 2.17. The molecular formula is C9H11FN2O. The van der Waals surface area contributed by atoms with Crippen molar-refractivity contribution in [3.05, 3.63) is 35.6 Å². The van der Waals surface area contributed by atoms with E-state index in [0.29, 0.717) is 5.56 Å². The first-order valence-corrected chi connectivity index (χ1v) is 3.79. The summed E-state index contributed by atoms with van der Waals surface area (Å²) >= 11 is 0. The quantitative estimate of drug-likeness (QED) is 0.698. The van der Waals surface area contributed by atoms with Crippen molar-refractivity contribution in [3.63, 3.8) is 0 Å². The first-order valence-electron chi connectivity index (χ1n) is 3.79. The summed E-state index contributed by atoms with van der Waals surface area (Å²) in [6, 6.07) is 5.37. The molecule has 0 saturated carbocycles. The van der Waals surface area contributed by atoms with E-state index in [4.69, 9.17) is 11.5 Å². The molecule has 13 heavy (non-hydrogen) atoms. The van der Waals surface area contributed by atoms with Crippen molar-refractivity contribution in [2.45, 2.75) is 12.5 Å². The van der Waals surface area contributed by atoms with E-state index in [1.807, 2.05) is 0 Å². The fourth-order valence-electron chi connectivity index (χ4n) is 0.938. The number of hydrogen-bond donors (Lipinski definition) is 2. The largest absolute Gasteiger partial charge is 0.368 e. The van der Waals surface area contributed by atoms with Gasteiger partial charge in [-0.15, -0.1) is 0 Å². The van der Waals surface area contributed by atoms with E-state index in [-0.39, 0.29) is 5.82 Å². The number of nitrogens with two attached hydrogens (primary N) is 2. The lowest BCUT2D eigenvalue weighted by Crippen LogP contribution is -2.46. The SMILES string of the molecule is C[C@@](N)(C(N)=O)c1ccc(F)cc1. The summed E-state index contributed by atoms with van der Waals surface area (Å²) < 4.78 is 12.5. The minimum atomic E-state index is -1.24. The summed E-state index contributed by atoms with van der Waals surface area (Å²) in [6.07, 6.45) is 0. The highest BCUT2D eigenvalue weighted by Gasteiger charge is 2.27. The zero-order chi connectivity index (χ0) is 10.1. The second-order valence-corrected chi connectivity index (χ2v) is 3.07. The van der Waals surface area contributed by atoms with Crippen molar-refractivity contribution in [2.24, 2.45) is 11.5 Å². The minimum Gasteiger partial charge on any atom is -0.368 e. The monoisotopic (exact) mass is 182 g/mol. The molecule has 0 aliphatic rings. The number of carbonyl (C=O) groups is 1. The van der Waals surface area contributed by atoms with Crippen LogP contribution in [0.25, 0.3) is 0 Å². The number of halogens is 1. The topological polar surface area (TPSA) is 69.1 Å². The highest BCUT2D eigenvalue weighted by molar-refractivity contribution is 5.85. The van der Waals surface area contributed by atoms with Gasteiger partial charge in [0.05, 0.1) is 0 Å². The Balaban J connectivity index is 3.08. The highest BCUT2D eigenvalue weighted by atomic mass is 19.1. The molecular weight excluding hydrogens is 171 g/mol. The smallest absolute Gasteiger partial charge is 0.241 e. The standard InChI is InChI=1S/C9H11FN2O/c1-9(12,8(11)13)6-2-4-7(10)5-3-6/h2-5H,12H2,1H3,(H2,11,13)/t9-/m0/s1. The maximum Gasteiger partial charge on any atom is 0.241 e. The number of amides is 1. The number of carbonyl (C=O) groups excluding carboxylic acids is 1. The molecule has 0 unspecified atom stereocenters. The summed E-state index contributed by atoms with van der Waals surface area (Å²) in [5.41, 5.74) is 9.98. The van der Waals surface area contributed by atoms with Crippen molar-refractivity contribution >= 4 is 5.91 Å². The zero-order valence-electron chi connectivity index (χ0n) is 7.25. The summed E-state index contributed by atoms with van der Waals surface area (Å²) in [5.74, 6) is -1.01. The van der Waals surface area contributed by atoms with Crippen molar-refractivity contribution in [2.75, 3.05) is 0 Å². The Morgan fingerprint density at radius 3 is 2.23 bits per heavy atom. The Hall–Kier alpha value is -1.42. The molecule has 3 nitrogen and oxygen atoms in total. The molecule has 1 rings (SSSR count). The summed E-state index contributed by atoms with van der Waals surface area (Å²) in [4.78, 5) is 10.9. The van der Waals surface area contributed by atoms with Gasteiger partial charge in [0.15, 0.2) is 0 Å². The second-order valence-electron chi connectivity index (χ2n) is 3.07. The van der Waals surface area contributed by atoms with Crippen LogP contribution in [0.1, 0.15) is 12.5 Å². The molecule has 0 bridgehead atoms. The summed E-state index contributed by atoms with van der Waals surface area (Å²) in [6.45, 7) is 1.49. The van der Waals surface area contributed by atoms with Crippen LogP contribution >= 0.6 is 0 Å². The molecule has 0 aliphatic heterocycles. The Morgan fingerprint density at radius 1 is 1.38 bits per heavy atom. The second kappa shape index (κ2) is 3.14. The molecule has 0 spiro atoms. The van der Waals surface area contributed by atoms with Gasteiger partial charge in [-0.05, 0) is 24.6 Å². The first-order chi connectivity index (χ1) is 5.94. The number of rotatable bonds is 2. The molecule has 0 heterocycles. The van der Waals surface area contributed by atoms with Crippen LogP contribution in [0.15, 0.2) is 24.3 Å². The van der Waals surface area contributed by atoms with Crippen LogP contribution in [0.3, 0.4) is 0 Å². The lowest BCUT2D eigenvalue weighted by Gasteiger charge is -2.20. The van der Waals surface area contributed by atoms with Crippen molar-refractivity contribution in [1.29, 1.82) is 0 Å². The Morgan fingerprint density at radius 2 is 1.85 bits per heavy atom. The van der Waals surface area contributed by atoms with Gasteiger partial charge in [-0.2, -0.15) is 0 Å². The van der Waals surface area contributed by atoms with Crippen LogP contribution in [-0.4, -0.2) is 5.91 Å². The molecule has 0 fully saturated rings. The van der Waals surface area contributed by atoms with Gasteiger partial charge < -0.3 is 11.5 Å². The van der Waals surface area contributed by atoms with Gasteiger partial charge in [0.1, 0.15) is 11.4 Å². The van der Waals surface area contributed by atoms with Crippen LogP contribution in [0.4, 0.5) is 4.39 Å². The van der Waals surface area contributed by atoms with Crippen LogP contribution in [-0.2, 0) is 10.3 Å². The number of benzene rings is 1. The predicted octanol–water partition coefficient (Wildman–Crippen LogP) is 0.485. The van der Waals surface area contributed by atoms with Crippen molar-refractivity contribution in [3.8, 4) is 0 Å². The molecule has 1 atom stereocenters. The van der Waals surface area contributed by atoms with E-state index in [0.717, 1.165) is 0 Å². The third-order valence-corrected chi connectivity index (χ3v) is 1.96. The summed E-state index contributed by atoms with van der Waals surface area (Å²) in [5, 5.41) is 0. The predicted molar refractivity (Wildman–Crippen MR) is 47.1 cm³/mol. The van der Waals surface area contributed by atoms with Crippen LogP contribution < -0.4 is 11.5 Å². The normalized spacial score (nSPS) is 15.0. The van der Waals surface area contributed by atoms with Gasteiger partial charge >= 0.3 is 0 Å². The van der Waals surface area contributed by atoms with Crippen LogP contribution in [0.5, 0.6) is 0 Å². The van der Waals surface area contributed by atoms with Crippen LogP contribution in [0.2, 0.25) is 0 Å². The molecule has 0 aliphatic carbocycles. The molecule has 70 valence electrons. The fraction of sp³-hybridized carbons (Fsp3) is 0.222. The van der Waals surface area contributed by atoms with Crippen LogP contribution in [0, 0.1) is 5.82 Å². The maximum absolute atomic E-state index is 12.5. The third-order valence-electron chi connectivity index (χ3n) is 1.96. The molecule has 4 heteroatoms. The third kappa shape index (κ3) is 1.84. The van der Waals surface area contributed by atoms with E-state index in [2.05, 4.69) is 0 Å². The van der Waals surface area contributed by atoms with E-state index in [1.54, 1.807) is 0 Å². The van der Waals surface area contributed by atoms with Gasteiger partial charge in [0, 0.05) is 0 Å². The van der Waals surface area contributed by atoms with Gasteiger partial charge in [-0.1, -0.05) is 12.1 Å². The lowest BCUT2D eigenvalue weighted by atomic mass is 9.93. The Labute approximate surface area is 75.5 Å². The molecule has 0 radical (unpaired) electrons. The van der Waals surface area contributed by atoms with E-state index >= 15 is 0 Å². The fourth-order valence-corrected chi connectivity index (χ4v) is 0.938. The molecule has 4 N–H and O–H groups in total. The first kappa shape index (κ1) is 9.67. The van der Waals surface area contributed by atoms with Crippen molar-refractivity contribution < 1.29 is 9.18 Å². The molecule has 1 aromatic rings. The molecule has 0 aromatic heterocycles. The molecule has 0 saturated heterocycles. The van der Waals surface area contributed by atoms with Gasteiger partial charge in [0.2, 0.25) is 5.91 Å². The van der Waals surface area contributed by atoms with Gasteiger partial charge in [-0.25, -0.2) is 4.39 Å². The average Bonchev–Trinajstić information content (AvgIpc) is 2.04. The minimum absolute atomic E-state index is 0.371. The zero-order valence-corrected chi connectivity index (χ0v) is 7.25. The van der Waals surface area contributed by atoms with Gasteiger partial charge in [-0.3, -0.25) is 4.79 Å². The van der Waals surface area contributed by atoms with Crippen molar-refractivity contribution in [1.82, 2.24) is 0 Å². The molecule has 1 aromatic carbocycles. The van der Waals surface area contributed by atoms with E-state index in [9.17, 15) is 9.18 Å². The lowest BCUT2D eigenvalue weighted by molar-refractivity contribution is -0.122. The summed E-state index contributed by atoms with van der Waals surface area (Å²) in [7, 11) is 0. The molecule has 1 amide bonds.